The van der Waals surface area contributed by atoms with Gasteiger partial charge >= 0.3 is 0 Å². The highest BCUT2D eigenvalue weighted by Crippen LogP contribution is 2.36. The second-order valence-electron chi connectivity index (χ2n) is 8.56. The first-order valence-corrected chi connectivity index (χ1v) is 10.5. The maximum atomic E-state index is 11.5. The lowest BCUT2D eigenvalue weighted by molar-refractivity contribution is -0.128. The van der Waals surface area contributed by atoms with Crippen LogP contribution in [0.3, 0.4) is 0 Å². The Morgan fingerprint density at radius 3 is 2.48 bits per heavy atom. The summed E-state index contributed by atoms with van der Waals surface area (Å²) in [7, 11) is 6.12. The van der Waals surface area contributed by atoms with Gasteiger partial charge in [-0.2, -0.15) is 5.10 Å². The largest absolute Gasteiger partial charge is 0.381 e. The van der Waals surface area contributed by atoms with Crippen molar-refractivity contribution >= 4 is 5.91 Å². The first-order chi connectivity index (χ1) is 12.9. The fourth-order valence-electron chi connectivity index (χ4n) is 4.56. The number of nitrogens with zero attached hydrogens (tertiary/aromatic N) is 4. The molecule has 0 N–H and O–H groups in total. The van der Waals surface area contributed by atoms with Crippen LogP contribution in [0.1, 0.15) is 62.8 Å². The minimum Gasteiger partial charge on any atom is -0.381 e. The standard InChI is InChI=1S/C21H36N4O2/c1-16(26)23(2)15-20-13-21(22-25(20)4)18-7-5-17(6-8-18)14-24(3)19-9-11-27-12-10-19/h13,17-19H,5-12,14-15H2,1-4H3. The number of hydrogen-bond acceptors (Lipinski definition) is 4. The van der Waals surface area contributed by atoms with Crippen molar-refractivity contribution < 1.29 is 9.53 Å². The summed E-state index contributed by atoms with van der Waals surface area (Å²) in [5, 5.41) is 4.76. The SMILES string of the molecule is CC(=O)N(C)Cc1cc(C2CCC(CN(C)C3CCOCC3)CC2)nn1C. The first kappa shape index (κ1) is 20.3. The van der Waals surface area contributed by atoms with Gasteiger partial charge in [0.2, 0.25) is 5.91 Å². The average Bonchev–Trinajstić information content (AvgIpc) is 3.03. The van der Waals surface area contributed by atoms with E-state index in [0.717, 1.165) is 24.8 Å². The van der Waals surface area contributed by atoms with Gasteiger partial charge in [0.1, 0.15) is 0 Å². The van der Waals surface area contributed by atoms with Crippen LogP contribution in [0.25, 0.3) is 0 Å². The third kappa shape index (κ3) is 5.32. The van der Waals surface area contributed by atoms with Gasteiger partial charge in [-0.15, -0.1) is 0 Å². The molecule has 1 aromatic rings. The maximum absolute atomic E-state index is 11.5. The molecule has 2 heterocycles. The summed E-state index contributed by atoms with van der Waals surface area (Å²) in [5.41, 5.74) is 2.32. The topological polar surface area (TPSA) is 50.6 Å². The van der Waals surface area contributed by atoms with Crippen LogP contribution in [0, 0.1) is 5.92 Å². The Balaban J connectivity index is 1.49. The summed E-state index contributed by atoms with van der Waals surface area (Å²) >= 11 is 0. The van der Waals surface area contributed by atoms with Gasteiger partial charge in [0.05, 0.1) is 17.9 Å². The molecule has 0 radical (unpaired) electrons. The number of aryl methyl sites for hydroxylation is 1. The van der Waals surface area contributed by atoms with Crippen LogP contribution in [-0.4, -0.2) is 65.4 Å². The molecule has 2 fully saturated rings. The summed E-state index contributed by atoms with van der Waals surface area (Å²) in [5.74, 6) is 1.46. The van der Waals surface area contributed by atoms with Gasteiger partial charge in [-0.25, -0.2) is 0 Å². The van der Waals surface area contributed by atoms with E-state index in [0.29, 0.717) is 18.5 Å². The third-order valence-corrected chi connectivity index (χ3v) is 6.56. The molecule has 0 spiro atoms. The van der Waals surface area contributed by atoms with Gasteiger partial charge in [-0.3, -0.25) is 9.48 Å². The first-order valence-electron chi connectivity index (χ1n) is 10.5. The molecule has 27 heavy (non-hydrogen) atoms. The molecule has 3 rings (SSSR count). The maximum Gasteiger partial charge on any atom is 0.219 e. The van der Waals surface area contributed by atoms with E-state index in [1.165, 1.54) is 50.8 Å². The molecule has 0 aromatic carbocycles. The Labute approximate surface area is 163 Å². The van der Waals surface area contributed by atoms with E-state index in [-0.39, 0.29) is 5.91 Å². The molecule has 2 aliphatic rings. The quantitative estimate of drug-likeness (QED) is 0.766. The molecule has 6 heteroatoms. The van der Waals surface area contributed by atoms with Crippen LogP contribution in [0.2, 0.25) is 0 Å². The molecule has 152 valence electrons. The molecule has 0 atom stereocenters. The molecule has 1 saturated heterocycles. The minimum absolute atomic E-state index is 0.0897. The van der Waals surface area contributed by atoms with Crippen molar-refractivity contribution in [3.63, 3.8) is 0 Å². The van der Waals surface area contributed by atoms with Gasteiger partial charge in [0, 0.05) is 52.7 Å². The van der Waals surface area contributed by atoms with Crippen LogP contribution in [0.4, 0.5) is 0 Å². The third-order valence-electron chi connectivity index (χ3n) is 6.56. The molecular formula is C21H36N4O2. The molecule has 1 aliphatic heterocycles. The monoisotopic (exact) mass is 376 g/mol. The molecule has 0 bridgehead atoms. The van der Waals surface area contributed by atoms with Crippen molar-refractivity contribution in [2.75, 3.05) is 33.9 Å². The Kier molecular flexibility index (Phi) is 6.93. The van der Waals surface area contributed by atoms with E-state index >= 15 is 0 Å². The zero-order chi connectivity index (χ0) is 19.4. The zero-order valence-electron chi connectivity index (χ0n) is 17.5. The molecule has 1 aliphatic carbocycles. The van der Waals surface area contributed by atoms with Crippen molar-refractivity contribution in [1.29, 1.82) is 0 Å². The average molecular weight is 377 g/mol. The lowest BCUT2D eigenvalue weighted by atomic mass is 9.80. The summed E-state index contributed by atoms with van der Waals surface area (Å²) < 4.78 is 7.44. The zero-order valence-corrected chi connectivity index (χ0v) is 17.5. The summed E-state index contributed by atoms with van der Waals surface area (Å²) in [6.45, 7) is 5.29. The predicted molar refractivity (Wildman–Crippen MR) is 107 cm³/mol. The molecule has 1 amide bonds. The highest BCUT2D eigenvalue weighted by Gasteiger charge is 2.27. The second-order valence-corrected chi connectivity index (χ2v) is 8.56. The van der Waals surface area contributed by atoms with E-state index in [1.54, 1.807) is 11.8 Å². The lowest BCUT2D eigenvalue weighted by Gasteiger charge is -2.36. The van der Waals surface area contributed by atoms with Gasteiger partial charge in [-0.05, 0) is 57.6 Å². The van der Waals surface area contributed by atoms with Crippen molar-refractivity contribution in [2.45, 2.75) is 64.0 Å². The molecular weight excluding hydrogens is 340 g/mol. The Morgan fingerprint density at radius 2 is 1.85 bits per heavy atom. The van der Waals surface area contributed by atoms with Gasteiger partial charge in [0.15, 0.2) is 0 Å². The van der Waals surface area contributed by atoms with Crippen molar-refractivity contribution in [1.82, 2.24) is 19.6 Å². The lowest BCUT2D eigenvalue weighted by Crippen LogP contribution is -2.40. The second kappa shape index (κ2) is 9.20. The van der Waals surface area contributed by atoms with Crippen LogP contribution >= 0.6 is 0 Å². The fraction of sp³-hybridized carbons (Fsp3) is 0.810. The van der Waals surface area contributed by atoms with Crippen LogP contribution in [-0.2, 0) is 23.1 Å². The summed E-state index contributed by atoms with van der Waals surface area (Å²) in [6.07, 6.45) is 7.39. The number of rotatable bonds is 6. The number of amides is 1. The number of carbonyl (C=O) groups excluding carboxylic acids is 1. The predicted octanol–water partition coefficient (Wildman–Crippen LogP) is 2.78. The van der Waals surface area contributed by atoms with Crippen LogP contribution < -0.4 is 0 Å². The molecule has 1 aromatic heterocycles. The highest BCUT2D eigenvalue weighted by molar-refractivity contribution is 5.72. The Hall–Kier alpha value is -1.40. The van der Waals surface area contributed by atoms with Crippen molar-refractivity contribution in [3.8, 4) is 0 Å². The van der Waals surface area contributed by atoms with E-state index in [4.69, 9.17) is 9.84 Å². The number of aromatic nitrogens is 2. The van der Waals surface area contributed by atoms with Crippen molar-refractivity contribution in [2.24, 2.45) is 13.0 Å². The normalized spacial score (nSPS) is 24.3. The van der Waals surface area contributed by atoms with E-state index in [2.05, 4.69) is 18.0 Å². The molecule has 0 unspecified atom stereocenters. The summed E-state index contributed by atoms with van der Waals surface area (Å²) in [6, 6.07) is 2.91. The van der Waals surface area contributed by atoms with E-state index in [9.17, 15) is 4.79 Å². The van der Waals surface area contributed by atoms with Gasteiger partial charge in [-0.1, -0.05) is 0 Å². The number of hydrogen-bond donors (Lipinski definition) is 0. The Bertz CT molecular complexity index is 616. The Morgan fingerprint density at radius 1 is 1.19 bits per heavy atom. The van der Waals surface area contributed by atoms with E-state index < -0.39 is 0 Å². The fourth-order valence-corrected chi connectivity index (χ4v) is 4.56. The molecule has 6 nitrogen and oxygen atoms in total. The number of ether oxygens (including phenoxy) is 1. The highest BCUT2D eigenvalue weighted by atomic mass is 16.5. The number of carbonyl (C=O) groups is 1. The van der Waals surface area contributed by atoms with Crippen molar-refractivity contribution in [3.05, 3.63) is 17.5 Å². The van der Waals surface area contributed by atoms with Gasteiger partial charge in [0.25, 0.3) is 0 Å². The van der Waals surface area contributed by atoms with Gasteiger partial charge < -0.3 is 14.5 Å². The van der Waals surface area contributed by atoms with Crippen LogP contribution in [0.15, 0.2) is 6.07 Å². The van der Waals surface area contributed by atoms with E-state index in [1.807, 2.05) is 18.8 Å². The summed E-state index contributed by atoms with van der Waals surface area (Å²) in [4.78, 5) is 15.8. The van der Waals surface area contributed by atoms with Crippen LogP contribution in [0.5, 0.6) is 0 Å². The minimum atomic E-state index is 0.0897. The smallest absolute Gasteiger partial charge is 0.219 e. The molecule has 1 saturated carbocycles.